The predicted octanol–water partition coefficient (Wildman–Crippen LogP) is 3.78. The number of fused-ring (bicyclic) bond motifs is 5. The molecular weight excluding hydrogens is 426 g/mol. The fourth-order valence-corrected chi connectivity index (χ4v) is 7.93. The Morgan fingerprint density at radius 1 is 0.882 bits per heavy atom. The number of hydrogen-bond acceptors (Lipinski definition) is 5. The molecule has 2 saturated carbocycles. The second-order valence-electron chi connectivity index (χ2n) is 11.2. The zero-order chi connectivity index (χ0) is 23.4. The standard InChI is InChI=1S/C27H35N5O2/c28-24(26(29)33)25-27(34)32(23-10-2-1-9-22(23)30-25)21-14-18-7-4-8-19(15-21)31(18)20-12-16-5-3-6-17(11-16)13-20/h1-2,9-10,16-21,28H,3-8,11-15H2,(H2,29,33)/t16?,17?,18-,19+,20?,21+. The molecule has 3 N–H and O–H groups in total. The molecule has 7 heteroatoms. The van der Waals surface area contributed by atoms with Gasteiger partial charge in [0.15, 0.2) is 11.4 Å². The molecule has 2 aliphatic carbocycles. The number of hydrogen-bond donors (Lipinski definition) is 2. The predicted molar refractivity (Wildman–Crippen MR) is 132 cm³/mol. The van der Waals surface area contributed by atoms with E-state index in [-0.39, 0.29) is 17.3 Å². The summed E-state index contributed by atoms with van der Waals surface area (Å²) in [4.78, 5) is 32.6. The Balaban J connectivity index is 1.36. The van der Waals surface area contributed by atoms with Gasteiger partial charge in [0.1, 0.15) is 0 Å². The lowest BCUT2D eigenvalue weighted by atomic mass is 9.68. The van der Waals surface area contributed by atoms with Crippen molar-refractivity contribution in [3.63, 3.8) is 0 Å². The smallest absolute Gasteiger partial charge is 0.279 e. The average molecular weight is 462 g/mol. The molecule has 2 aromatic rings. The number of aromatic nitrogens is 2. The molecule has 34 heavy (non-hydrogen) atoms. The number of piperidine rings is 2. The third-order valence-electron chi connectivity index (χ3n) is 9.17. The summed E-state index contributed by atoms with van der Waals surface area (Å²) in [6.07, 6.45) is 13.9. The van der Waals surface area contributed by atoms with Gasteiger partial charge in [-0.05, 0) is 68.9 Å². The normalized spacial score (nSPS) is 33.5. The van der Waals surface area contributed by atoms with E-state index >= 15 is 0 Å². The molecule has 2 saturated heterocycles. The SMILES string of the molecule is N=C(C(N)=O)c1nc2ccccc2n([C@H]2C[C@H]3CCC[C@@H](C2)N3C2CC3CCCC(C3)C2)c1=O. The minimum Gasteiger partial charge on any atom is -0.364 e. The largest absolute Gasteiger partial charge is 0.364 e. The fraction of sp³-hybridized carbons (Fsp3) is 0.630. The van der Waals surface area contributed by atoms with Gasteiger partial charge in [-0.25, -0.2) is 4.98 Å². The number of carbonyl (C=O) groups excluding carboxylic acids is 1. The maximum absolute atomic E-state index is 13.6. The minimum absolute atomic E-state index is 0.0504. The number of benzene rings is 1. The Labute approximate surface area is 200 Å². The molecule has 0 radical (unpaired) electrons. The number of para-hydroxylation sites is 2. The molecule has 4 bridgehead atoms. The van der Waals surface area contributed by atoms with Gasteiger partial charge >= 0.3 is 0 Å². The summed E-state index contributed by atoms with van der Waals surface area (Å²) in [7, 11) is 0. The number of nitrogens with two attached hydrogens (primary N) is 1. The number of nitrogens with one attached hydrogen (secondary N) is 1. The highest BCUT2D eigenvalue weighted by Crippen LogP contribution is 2.47. The van der Waals surface area contributed by atoms with Gasteiger partial charge in [0.05, 0.1) is 11.0 Å². The number of primary amides is 1. The van der Waals surface area contributed by atoms with E-state index in [0.29, 0.717) is 23.6 Å². The first-order valence-electron chi connectivity index (χ1n) is 13.2. The van der Waals surface area contributed by atoms with Gasteiger partial charge in [-0.3, -0.25) is 19.9 Å². The molecule has 1 aromatic heterocycles. The molecule has 5 atom stereocenters. The molecule has 7 nitrogen and oxygen atoms in total. The zero-order valence-corrected chi connectivity index (χ0v) is 19.8. The lowest BCUT2D eigenvalue weighted by Crippen LogP contribution is -2.58. The van der Waals surface area contributed by atoms with Crippen molar-refractivity contribution < 1.29 is 4.79 Å². The van der Waals surface area contributed by atoms with Crippen LogP contribution in [0, 0.1) is 17.2 Å². The number of carbonyl (C=O) groups is 1. The summed E-state index contributed by atoms with van der Waals surface area (Å²) in [5.74, 6) is 0.899. The van der Waals surface area contributed by atoms with Crippen LogP contribution < -0.4 is 11.3 Å². The second kappa shape index (κ2) is 8.59. The van der Waals surface area contributed by atoms with Gasteiger partial charge in [0.2, 0.25) is 0 Å². The Morgan fingerprint density at radius 2 is 1.53 bits per heavy atom. The van der Waals surface area contributed by atoms with Gasteiger partial charge < -0.3 is 10.3 Å². The average Bonchev–Trinajstić information content (AvgIpc) is 2.82. The summed E-state index contributed by atoms with van der Waals surface area (Å²) in [5, 5.41) is 8.11. The summed E-state index contributed by atoms with van der Waals surface area (Å²) in [5.41, 5.74) is 5.80. The summed E-state index contributed by atoms with van der Waals surface area (Å²) >= 11 is 0. The van der Waals surface area contributed by atoms with Crippen molar-refractivity contribution in [1.82, 2.24) is 14.5 Å². The first-order valence-corrected chi connectivity index (χ1v) is 13.2. The number of nitrogens with zero attached hydrogens (tertiary/aromatic N) is 3. The Kier molecular flexibility index (Phi) is 5.55. The van der Waals surface area contributed by atoms with E-state index in [0.717, 1.165) is 30.2 Å². The highest BCUT2D eigenvalue weighted by molar-refractivity contribution is 6.43. The molecule has 0 spiro atoms. The zero-order valence-electron chi connectivity index (χ0n) is 19.8. The van der Waals surface area contributed by atoms with Crippen molar-refractivity contribution in [3.8, 4) is 0 Å². The molecule has 1 aromatic carbocycles. The molecule has 3 heterocycles. The van der Waals surface area contributed by atoms with Crippen molar-refractivity contribution >= 4 is 22.7 Å². The molecule has 1 amide bonds. The van der Waals surface area contributed by atoms with E-state index in [2.05, 4.69) is 9.88 Å². The van der Waals surface area contributed by atoms with E-state index < -0.39 is 11.6 Å². The summed E-state index contributed by atoms with van der Waals surface area (Å²) < 4.78 is 1.84. The maximum Gasteiger partial charge on any atom is 0.279 e. The van der Waals surface area contributed by atoms with E-state index in [4.69, 9.17) is 11.1 Å². The third kappa shape index (κ3) is 3.69. The van der Waals surface area contributed by atoms with Crippen molar-refractivity contribution in [3.05, 3.63) is 40.3 Å². The van der Waals surface area contributed by atoms with Crippen LogP contribution in [0.3, 0.4) is 0 Å². The van der Waals surface area contributed by atoms with E-state index in [1.54, 1.807) is 0 Å². The Bertz CT molecular complexity index is 1160. The van der Waals surface area contributed by atoms with Crippen LogP contribution in [0.25, 0.3) is 11.0 Å². The van der Waals surface area contributed by atoms with E-state index in [1.165, 1.54) is 57.8 Å². The van der Waals surface area contributed by atoms with Crippen molar-refractivity contribution in [1.29, 1.82) is 5.41 Å². The highest BCUT2D eigenvalue weighted by Gasteiger charge is 2.45. The number of amides is 1. The molecule has 4 aliphatic rings. The molecule has 6 rings (SSSR count). The highest BCUT2D eigenvalue weighted by atomic mass is 16.1. The van der Waals surface area contributed by atoms with Crippen LogP contribution in [-0.4, -0.2) is 44.2 Å². The lowest BCUT2D eigenvalue weighted by molar-refractivity contribution is -0.112. The van der Waals surface area contributed by atoms with Crippen LogP contribution in [-0.2, 0) is 4.79 Å². The van der Waals surface area contributed by atoms with E-state index in [1.807, 2.05) is 28.8 Å². The minimum atomic E-state index is -0.916. The summed E-state index contributed by atoms with van der Waals surface area (Å²) in [6, 6.07) is 9.33. The third-order valence-corrected chi connectivity index (χ3v) is 9.17. The van der Waals surface area contributed by atoms with Gasteiger partial charge in [-0.1, -0.05) is 37.8 Å². The quantitative estimate of drug-likeness (QED) is 0.676. The number of rotatable bonds is 4. The lowest BCUT2D eigenvalue weighted by Gasteiger charge is -2.55. The van der Waals surface area contributed by atoms with Crippen molar-refractivity contribution in [2.45, 2.75) is 94.8 Å². The topological polar surface area (TPSA) is 105 Å². The van der Waals surface area contributed by atoms with Crippen LogP contribution in [0.1, 0.15) is 82.4 Å². The molecule has 2 unspecified atom stereocenters. The van der Waals surface area contributed by atoms with Crippen LogP contribution >= 0.6 is 0 Å². The first kappa shape index (κ1) is 22.0. The molecule has 4 fully saturated rings. The monoisotopic (exact) mass is 461 g/mol. The maximum atomic E-state index is 13.6. The molecule has 2 aliphatic heterocycles. The van der Waals surface area contributed by atoms with Crippen molar-refractivity contribution in [2.24, 2.45) is 17.6 Å². The van der Waals surface area contributed by atoms with Crippen LogP contribution in [0.2, 0.25) is 0 Å². The van der Waals surface area contributed by atoms with Crippen LogP contribution in [0.5, 0.6) is 0 Å². The molecular formula is C27H35N5O2. The van der Waals surface area contributed by atoms with Gasteiger partial charge in [-0.2, -0.15) is 0 Å². The summed E-state index contributed by atoms with van der Waals surface area (Å²) in [6.45, 7) is 0. The Morgan fingerprint density at radius 3 is 2.21 bits per heavy atom. The van der Waals surface area contributed by atoms with Gasteiger partial charge in [0, 0.05) is 24.2 Å². The van der Waals surface area contributed by atoms with Gasteiger partial charge in [0.25, 0.3) is 11.5 Å². The van der Waals surface area contributed by atoms with Crippen LogP contribution in [0.15, 0.2) is 29.1 Å². The molecule has 180 valence electrons. The Hall–Kier alpha value is -2.54. The second-order valence-corrected chi connectivity index (χ2v) is 11.2. The van der Waals surface area contributed by atoms with E-state index in [9.17, 15) is 9.59 Å². The first-order chi connectivity index (χ1) is 16.5. The van der Waals surface area contributed by atoms with Crippen LogP contribution in [0.4, 0.5) is 0 Å². The van der Waals surface area contributed by atoms with Gasteiger partial charge in [-0.15, -0.1) is 0 Å². The fourth-order valence-electron chi connectivity index (χ4n) is 7.93. The van der Waals surface area contributed by atoms with Crippen molar-refractivity contribution in [2.75, 3.05) is 0 Å².